The van der Waals surface area contributed by atoms with E-state index in [0.717, 1.165) is 135 Å². The van der Waals surface area contributed by atoms with E-state index in [0.29, 0.717) is 25.7 Å². The van der Waals surface area contributed by atoms with Gasteiger partial charge in [-0.05, 0) is 128 Å². The van der Waals surface area contributed by atoms with Gasteiger partial charge in [0.1, 0.15) is 12.7 Å². The van der Waals surface area contributed by atoms with Crippen molar-refractivity contribution >= 4 is 25.7 Å². The fourth-order valence-electron chi connectivity index (χ4n) is 7.30. The number of hydrogen-bond acceptors (Lipinski definition) is 10. The number of carbonyl (C=O) groups excluding carboxylic acids is 3. The molecule has 0 fully saturated rings. The normalized spacial score (nSPS) is 14.5. The van der Waals surface area contributed by atoms with Crippen molar-refractivity contribution in [1.82, 2.24) is 0 Å². The Morgan fingerprint density at radius 2 is 0.622 bits per heavy atom. The quantitative estimate of drug-likeness (QED) is 0.0197. The Kier molecular flexibility index (Phi) is 57.6. The zero-order chi connectivity index (χ0) is 59.8. The molecule has 0 aromatic carbocycles. The van der Waals surface area contributed by atoms with E-state index in [-0.39, 0.29) is 19.3 Å². The standard InChI is InChI=1S/C70H107O11P/c1-4-7-10-13-16-19-22-25-28-31-33-36-38-41-44-47-50-53-56-59-68(72)77-63-67(81-70(74)61-58-55-52-49-46-43-40-37-34-32-29-26-23-20-17-14-11-8-5-2)65-79-82(75,76)78-64-66(62-71)80-69(73)60-57-54-51-48-45-42-39-35-30-27-24-21-18-15-12-9-6-3/h7-12,16-21,25-30,33-34,36-37,41,43-44,46,50,52-53,55,66-67,71H,4-6,13-15,22-24,31-32,35,38-40,42,45,47-49,51,54,56-65H2,1-3H3,(H,75,76)/b10-7-,11-8-,12-9-,19-16-,20-17-,21-18-,28-25-,29-26-,30-27-,36-33-,37-34-,44-41-,46-43-,53-50-,55-52-. The molecule has 0 aliphatic rings. The molecule has 0 saturated heterocycles. The summed E-state index contributed by atoms with van der Waals surface area (Å²) in [6, 6.07) is 0. The average Bonchev–Trinajstić information content (AvgIpc) is 3.47. The minimum atomic E-state index is -4.81. The summed E-state index contributed by atoms with van der Waals surface area (Å²) < 4.78 is 39.4. The van der Waals surface area contributed by atoms with Gasteiger partial charge in [-0.1, -0.05) is 235 Å². The van der Waals surface area contributed by atoms with Gasteiger partial charge in [0.25, 0.3) is 0 Å². The molecular weight excluding hydrogens is 1050 g/mol. The predicted octanol–water partition coefficient (Wildman–Crippen LogP) is 18.8. The van der Waals surface area contributed by atoms with E-state index < -0.39 is 64.4 Å². The van der Waals surface area contributed by atoms with Crippen molar-refractivity contribution in [3.63, 3.8) is 0 Å². The first-order valence-electron chi connectivity index (χ1n) is 30.7. The minimum absolute atomic E-state index is 0.0147. The maximum absolute atomic E-state index is 12.9. The maximum atomic E-state index is 12.9. The highest BCUT2D eigenvalue weighted by atomic mass is 31.2. The number of esters is 3. The number of carbonyl (C=O) groups is 3. The monoisotopic (exact) mass is 1150 g/mol. The maximum Gasteiger partial charge on any atom is 0.472 e. The highest BCUT2D eigenvalue weighted by molar-refractivity contribution is 7.47. The number of phosphoric acid groups is 1. The van der Waals surface area contributed by atoms with Crippen molar-refractivity contribution in [1.29, 1.82) is 0 Å². The summed E-state index contributed by atoms with van der Waals surface area (Å²) in [5.41, 5.74) is 0. The highest BCUT2D eigenvalue weighted by Gasteiger charge is 2.28. The van der Waals surface area contributed by atoms with Crippen LogP contribution in [0.25, 0.3) is 0 Å². The second kappa shape index (κ2) is 61.6. The Morgan fingerprint density at radius 3 is 0.988 bits per heavy atom. The SMILES string of the molecule is CC/C=C\C/C=C\C/C=C\C/C=C\C/C=C\C/C=C\CCC(=O)OCC(COP(=O)(O)OCC(CO)OC(=O)CCCCCCCCC/C=C\C/C=C\C/C=C\CC)OC(=O)CC/C=C\C/C=C\C/C=C\C/C=C\C/C=C\C/C=C\CC. The number of hydrogen-bond donors (Lipinski definition) is 2. The summed E-state index contributed by atoms with van der Waals surface area (Å²) >= 11 is 0. The van der Waals surface area contributed by atoms with Crippen LogP contribution in [0, 0.1) is 0 Å². The molecule has 0 amide bonds. The van der Waals surface area contributed by atoms with Crippen molar-refractivity contribution < 1.29 is 52.2 Å². The minimum Gasteiger partial charge on any atom is -0.462 e. The van der Waals surface area contributed by atoms with Gasteiger partial charge in [-0.25, -0.2) is 4.57 Å². The van der Waals surface area contributed by atoms with Gasteiger partial charge in [-0.3, -0.25) is 23.4 Å². The molecule has 3 atom stereocenters. The smallest absolute Gasteiger partial charge is 0.462 e. The number of aliphatic hydroxyl groups excluding tert-OH is 1. The fraction of sp³-hybridized carbons (Fsp3) is 0.529. The lowest BCUT2D eigenvalue weighted by Crippen LogP contribution is -2.30. The third kappa shape index (κ3) is 59.2. The van der Waals surface area contributed by atoms with Gasteiger partial charge >= 0.3 is 25.7 Å². The van der Waals surface area contributed by atoms with Crippen molar-refractivity contribution in [2.45, 2.75) is 213 Å². The highest BCUT2D eigenvalue weighted by Crippen LogP contribution is 2.43. The van der Waals surface area contributed by atoms with Crippen LogP contribution >= 0.6 is 7.82 Å². The number of ether oxygens (including phenoxy) is 3. The molecule has 0 rings (SSSR count). The first kappa shape index (κ1) is 76.6. The molecule has 11 nitrogen and oxygen atoms in total. The zero-order valence-corrected chi connectivity index (χ0v) is 51.5. The Labute approximate surface area is 497 Å². The van der Waals surface area contributed by atoms with Gasteiger partial charge < -0.3 is 24.2 Å². The molecule has 0 aromatic rings. The van der Waals surface area contributed by atoms with Crippen LogP contribution in [0.2, 0.25) is 0 Å². The summed E-state index contributed by atoms with van der Waals surface area (Å²) in [5.74, 6) is -1.70. The molecule has 0 aromatic heterocycles. The summed E-state index contributed by atoms with van der Waals surface area (Å²) in [6.07, 6.45) is 84.5. The number of rotatable bonds is 54. The van der Waals surface area contributed by atoms with Crippen LogP contribution in [0.4, 0.5) is 0 Å². The molecule has 2 N–H and O–H groups in total. The lowest BCUT2D eigenvalue weighted by molar-refractivity contribution is -0.161. The molecule has 3 unspecified atom stereocenters. The third-order valence-electron chi connectivity index (χ3n) is 11.8. The van der Waals surface area contributed by atoms with Gasteiger partial charge in [-0.2, -0.15) is 0 Å². The van der Waals surface area contributed by atoms with Crippen molar-refractivity contribution in [3.8, 4) is 0 Å². The molecule has 0 heterocycles. The van der Waals surface area contributed by atoms with Gasteiger partial charge in [0, 0.05) is 19.3 Å². The van der Waals surface area contributed by atoms with Crippen LogP contribution in [0.15, 0.2) is 182 Å². The van der Waals surface area contributed by atoms with Crippen LogP contribution in [0.5, 0.6) is 0 Å². The van der Waals surface area contributed by atoms with Crippen LogP contribution in [0.1, 0.15) is 201 Å². The second-order valence-corrected chi connectivity index (χ2v) is 20.8. The average molecular weight is 1160 g/mol. The molecule has 0 spiro atoms. The molecule has 0 saturated carbocycles. The Hall–Kier alpha value is -5.42. The number of phosphoric ester groups is 1. The molecular formula is C70H107O11P. The lowest BCUT2D eigenvalue weighted by Gasteiger charge is -2.21. The third-order valence-corrected chi connectivity index (χ3v) is 12.8. The molecule has 12 heteroatoms. The van der Waals surface area contributed by atoms with E-state index in [1.165, 1.54) is 0 Å². The van der Waals surface area contributed by atoms with Gasteiger partial charge in [-0.15, -0.1) is 0 Å². The Bertz CT molecular complexity index is 2080. The summed E-state index contributed by atoms with van der Waals surface area (Å²) in [6.45, 7) is 4.10. The summed E-state index contributed by atoms with van der Waals surface area (Å²) in [7, 11) is -4.81. The zero-order valence-electron chi connectivity index (χ0n) is 50.6. The van der Waals surface area contributed by atoms with E-state index in [4.69, 9.17) is 23.3 Å². The van der Waals surface area contributed by atoms with Crippen LogP contribution in [0.3, 0.4) is 0 Å². The molecule has 82 heavy (non-hydrogen) atoms. The Balaban J connectivity index is 4.96. The largest absolute Gasteiger partial charge is 0.472 e. The van der Waals surface area contributed by atoms with Crippen molar-refractivity contribution in [2.75, 3.05) is 26.4 Å². The molecule has 0 radical (unpaired) electrons. The van der Waals surface area contributed by atoms with Crippen LogP contribution < -0.4 is 0 Å². The van der Waals surface area contributed by atoms with E-state index in [1.807, 2.05) is 24.3 Å². The predicted molar refractivity (Wildman–Crippen MR) is 343 cm³/mol. The first-order chi connectivity index (χ1) is 40.2. The Morgan fingerprint density at radius 1 is 0.341 bits per heavy atom. The summed E-state index contributed by atoms with van der Waals surface area (Å²) in [5, 5.41) is 9.84. The van der Waals surface area contributed by atoms with Gasteiger partial charge in [0.05, 0.1) is 19.8 Å². The van der Waals surface area contributed by atoms with E-state index in [9.17, 15) is 28.9 Å². The number of allylic oxidation sites excluding steroid dienone is 30. The van der Waals surface area contributed by atoms with Crippen LogP contribution in [-0.2, 0) is 42.2 Å². The van der Waals surface area contributed by atoms with Crippen molar-refractivity contribution in [2.24, 2.45) is 0 Å². The van der Waals surface area contributed by atoms with Crippen LogP contribution in [-0.4, -0.2) is 66.5 Å². The lowest BCUT2D eigenvalue weighted by atomic mass is 10.1. The topological polar surface area (TPSA) is 155 Å². The fourth-order valence-corrected chi connectivity index (χ4v) is 8.09. The van der Waals surface area contributed by atoms with Gasteiger partial charge in [0.15, 0.2) is 6.10 Å². The molecule has 0 bridgehead atoms. The molecule has 458 valence electrons. The van der Waals surface area contributed by atoms with E-state index >= 15 is 0 Å². The van der Waals surface area contributed by atoms with Crippen molar-refractivity contribution in [3.05, 3.63) is 182 Å². The van der Waals surface area contributed by atoms with Gasteiger partial charge in [0.2, 0.25) is 0 Å². The molecule has 0 aliphatic heterocycles. The molecule has 0 aliphatic carbocycles. The number of aliphatic hydroxyl groups is 1. The van der Waals surface area contributed by atoms with E-state index in [2.05, 4.69) is 179 Å². The first-order valence-corrected chi connectivity index (χ1v) is 32.2. The number of unbranched alkanes of at least 4 members (excludes halogenated alkanes) is 7. The second-order valence-electron chi connectivity index (χ2n) is 19.4. The summed E-state index contributed by atoms with van der Waals surface area (Å²) in [4.78, 5) is 48.6. The van der Waals surface area contributed by atoms with E-state index in [1.54, 1.807) is 0 Å².